The van der Waals surface area contributed by atoms with Crippen LogP contribution in [-0.2, 0) is 19.2 Å². The molecule has 4 atom stereocenters. The Morgan fingerprint density at radius 1 is 0.513 bits per heavy atom. The Hall–Kier alpha value is -3.80. The first kappa shape index (κ1) is 26.8. The number of carbonyl (C=O) groups excluding carboxylic acids is 4. The zero-order valence-electron chi connectivity index (χ0n) is 23.4. The molecule has 4 unspecified atom stereocenters. The molecule has 202 valence electrons. The molecule has 6 nitrogen and oxygen atoms in total. The van der Waals surface area contributed by atoms with E-state index in [1.54, 1.807) is 0 Å². The van der Waals surface area contributed by atoms with Crippen molar-refractivity contribution < 1.29 is 19.2 Å². The summed E-state index contributed by atoms with van der Waals surface area (Å²) >= 11 is 0. The third-order valence-electron chi connectivity index (χ3n) is 8.75. The summed E-state index contributed by atoms with van der Waals surface area (Å²) in [6, 6.07) is 15.2. The molecule has 6 rings (SSSR count). The molecule has 2 fully saturated rings. The molecule has 0 bridgehead atoms. The Balaban J connectivity index is 0.000000158. The summed E-state index contributed by atoms with van der Waals surface area (Å²) in [5, 5.41) is 0. The number of nitrogens with zero attached hydrogens (tertiary/aromatic N) is 2. The van der Waals surface area contributed by atoms with Crippen molar-refractivity contribution in [3.63, 3.8) is 0 Å². The zero-order valence-corrected chi connectivity index (χ0v) is 23.4. The van der Waals surface area contributed by atoms with Crippen LogP contribution in [0.3, 0.4) is 0 Å². The molecule has 2 aromatic rings. The highest BCUT2D eigenvalue weighted by Gasteiger charge is 2.50. The summed E-state index contributed by atoms with van der Waals surface area (Å²) in [6.07, 6.45) is 4.96. The van der Waals surface area contributed by atoms with Gasteiger partial charge in [-0.1, -0.05) is 58.2 Å². The van der Waals surface area contributed by atoms with E-state index in [2.05, 4.69) is 19.9 Å². The lowest BCUT2D eigenvalue weighted by Crippen LogP contribution is -2.30. The number of fused-ring (bicyclic) bond motifs is 2. The van der Waals surface area contributed by atoms with Crippen LogP contribution < -0.4 is 9.80 Å². The Labute approximate surface area is 230 Å². The number of hydrogen-bond acceptors (Lipinski definition) is 4. The average Bonchev–Trinajstić information content (AvgIpc) is 3.29. The molecule has 4 amide bonds. The van der Waals surface area contributed by atoms with Crippen LogP contribution in [0.5, 0.6) is 0 Å². The van der Waals surface area contributed by atoms with Gasteiger partial charge in [0.15, 0.2) is 0 Å². The highest BCUT2D eigenvalue weighted by Crippen LogP contribution is 2.42. The van der Waals surface area contributed by atoms with Crippen LogP contribution in [0.4, 0.5) is 11.4 Å². The molecule has 6 heteroatoms. The van der Waals surface area contributed by atoms with E-state index in [4.69, 9.17) is 0 Å². The fourth-order valence-electron chi connectivity index (χ4n) is 6.19. The summed E-state index contributed by atoms with van der Waals surface area (Å²) in [4.78, 5) is 52.8. The summed E-state index contributed by atoms with van der Waals surface area (Å²) in [5.74, 6) is -0.767. The molecule has 0 radical (unpaired) electrons. The Morgan fingerprint density at radius 2 is 0.872 bits per heavy atom. The molecule has 2 aromatic carbocycles. The van der Waals surface area contributed by atoms with Gasteiger partial charge in [-0.15, -0.1) is 0 Å². The second-order valence-corrected chi connectivity index (χ2v) is 11.6. The van der Waals surface area contributed by atoms with Crippen molar-refractivity contribution in [3.05, 3.63) is 82.5 Å². The second-order valence-electron chi connectivity index (χ2n) is 11.6. The third-order valence-corrected chi connectivity index (χ3v) is 8.75. The van der Waals surface area contributed by atoms with Gasteiger partial charge in [0.25, 0.3) is 0 Å². The minimum Gasteiger partial charge on any atom is -0.274 e. The van der Waals surface area contributed by atoms with E-state index >= 15 is 0 Å². The van der Waals surface area contributed by atoms with Gasteiger partial charge in [0.05, 0.1) is 35.0 Å². The average molecular weight is 525 g/mol. The van der Waals surface area contributed by atoms with Crippen LogP contribution in [-0.4, -0.2) is 23.6 Å². The number of imide groups is 2. The van der Waals surface area contributed by atoms with Gasteiger partial charge in [0, 0.05) is 0 Å². The van der Waals surface area contributed by atoms with Crippen molar-refractivity contribution >= 4 is 35.0 Å². The van der Waals surface area contributed by atoms with Crippen molar-refractivity contribution in [3.8, 4) is 0 Å². The number of benzene rings is 2. The lowest BCUT2D eigenvalue weighted by Gasteiger charge is -2.23. The molecule has 2 aliphatic heterocycles. The van der Waals surface area contributed by atoms with Gasteiger partial charge < -0.3 is 0 Å². The topological polar surface area (TPSA) is 74.8 Å². The molecule has 4 aliphatic rings. The third kappa shape index (κ3) is 4.88. The fourth-order valence-corrected chi connectivity index (χ4v) is 6.19. The van der Waals surface area contributed by atoms with Gasteiger partial charge in [-0.2, -0.15) is 0 Å². The van der Waals surface area contributed by atoms with E-state index < -0.39 is 0 Å². The van der Waals surface area contributed by atoms with Crippen LogP contribution >= 0.6 is 0 Å². The predicted molar refractivity (Wildman–Crippen MR) is 152 cm³/mol. The first-order chi connectivity index (χ1) is 18.6. The van der Waals surface area contributed by atoms with Crippen LogP contribution in [0.1, 0.15) is 57.6 Å². The standard InChI is InChI=1S/C17H19NO2.C16H17NO2/c1-10-4-6-13(7-5-10)18-16(19)14-8-11(2)12(3)9-15(14)17(18)20;1-10-3-6-12(7-4-10)17-15(18)13-8-5-11(2)9-14(13)16(17)19/h4-7,14-15H,8-9H2,1-3H3;3-7,13-14H,8-9H2,1-2H3. The molecular weight excluding hydrogens is 488 g/mol. The van der Waals surface area contributed by atoms with Crippen LogP contribution in [0.2, 0.25) is 0 Å². The Morgan fingerprint density at radius 3 is 1.28 bits per heavy atom. The SMILES string of the molecule is CC1=C(C)CC2C(=O)N(c3ccc(C)cc3)C(=O)C2C1.CC1=CCC2C(=O)N(c3ccc(C)cc3)C(=O)C2C1. The number of carbonyl (C=O) groups is 4. The summed E-state index contributed by atoms with van der Waals surface area (Å²) < 4.78 is 0. The molecule has 0 saturated carbocycles. The van der Waals surface area contributed by atoms with E-state index in [0.717, 1.165) is 30.4 Å². The smallest absolute Gasteiger partial charge is 0.238 e. The second kappa shape index (κ2) is 10.4. The Kier molecular flexibility index (Phi) is 7.15. The molecule has 2 saturated heterocycles. The first-order valence-electron chi connectivity index (χ1n) is 13.8. The zero-order chi connectivity index (χ0) is 28.0. The van der Waals surface area contributed by atoms with E-state index in [-0.39, 0.29) is 47.3 Å². The van der Waals surface area contributed by atoms with Crippen LogP contribution in [0.25, 0.3) is 0 Å². The van der Waals surface area contributed by atoms with Gasteiger partial charge in [-0.25, -0.2) is 0 Å². The fraction of sp³-hybridized carbons (Fsp3) is 0.394. The van der Waals surface area contributed by atoms with Crippen molar-refractivity contribution in [2.75, 3.05) is 9.80 Å². The quantitative estimate of drug-likeness (QED) is 0.353. The maximum atomic E-state index is 12.6. The summed E-state index contributed by atoms with van der Waals surface area (Å²) in [5.41, 5.74) is 7.39. The molecular formula is C33H36N2O4. The van der Waals surface area contributed by atoms with E-state index in [1.807, 2.05) is 69.3 Å². The monoisotopic (exact) mass is 524 g/mol. The maximum Gasteiger partial charge on any atom is 0.238 e. The number of amides is 4. The highest BCUT2D eigenvalue weighted by atomic mass is 16.2. The first-order valence-corrected chi connectivity index (χ1v) is 13.8. The van der Waals surface area contributed by atoms with Gasteiger partial charge >= 0.3 is 0 Å². The van der Waals surface area contributed by atoms with E-state index in [0.29, 0.717) is 17.8 Å². The van der Waals surface area contributed by atoms with Crippen molar-refractivity contribution in [2.45, 2.75) is 60.3 Å². The molecule has 2 heterocycles. The van der Waals surface area contributed by atoms with E-state index in [1.165, 1.54) is 26.5 Å². The number of hydrogen-bond donors (Lipinski definition) is 0. The van der Waals surface area contributed by atoms with Crippen molar-refractivity contribution in [2.24, 2.45) is 23.7 Å². The highest BCUT2D eigenvalue weighted by molar-refractivity contribution is 6.23. The minimum absolute atomic E-state index is 0.0318. The maximum absolute atomic E-state index is 12.6. The molecule has 2 aliphatic carbocycles. The number of rotatable bonds is 2. The van der Waals surface area contributed by atoms with Crippen molar-refractivity contribution in [1.82, 2.24) is 0 Å². The van der Waals surface area contributed by atoms with Gasteiger partial charge in [0.1, 0.15) is 0 Å². The van der Waals surface area contributed by atoms with Gasteiger partial charge in [-0.3, -0.25) is 29.0 Å². The number of allylic oxidation sites excluding steroid dienone is 4. The number of aryl methyl sites for hydroxylation is 2. The molecule has 39 heavy (non-hydrogen) atoms. The normalized spacial score (nSPS) is 26.3. The van der Waals surface area contributed by atoms with E-state index in [9.17, 15) is 19.2 Å². The lowest BCUT2D eigenvalue weighted by atomic mass is 9.78. The van der Waals surface area contributed by atoms with Crippen molar-refractivity contribution in [1.29, 1.82) is 0 Å². The summed E-state index contributed by atoms with van der Waals surface area (Å²) in [7, 11) is 0. The minimum atomic E-state index is -0.160. The largest absolute Gasteiger partial charge is 0.274 e. The molecule has 0 spiro atoms. The van der Waals surface area contributed by atoms with Crippen LogP contribution in [0.15, 0.2) is 71.3 Å². The lowest BCUT2D eigenvalue weighted by molar-refractivity contribution is -0.124. The van der Waals surface area contributed by atoms with Crippen LogP contribution in [0, 0.1) is 37.5 Å². The molecule has 0 N–H and O–H groups in total. The predicted octanol–water partition coefficient (Wildman–Crippen LogP) is 6.07. The van der Waals surface area contributed by atoms with Gasteiger partial charge in [-0.05, 0) is 84.6 Å². The Bertz CT molecular complexity index is 1370. The number of anilines is 2. The molecule has 0 aromatic heterocycles. The summed E-state index contributed by atoms with van der Waals surface area (Å²) in [6.45, 7) is 10.1. The van der Waals surface area contributed by atoms with Gasteiger partial charge in [0.2, 0.25) is 23.6 Å².